The zero-order chi connectivity index (χ0) is 20.1. The predicted molar refractivity (Wildman–Crippen MR) is 111 cm³/mol. The summed E-state index contributed by atoms with van der Waals surface area (Å²) < 4.78 is 0.704. The number of aromatic nitrogens is 3. The number of hydrogen-bond acceptors (Lipinski definition) is 9. The lowest BCUT2D eigenvalue weighted by molar-refractivity contribution is -0.117. The minimum atomic E-state index is -0.374. The van der Waals surface area contributed by atoms with Gasteiger partial charge in [0.05, 0.1) is 17.4 Å². The fraction of sp³-hybridized carbons (Fsp3) is 0.235. The van der Waals surface area contributed by atoms with Gasteiger partial charge in [0.15, 0.2) is 4.34 Å². The lowest BCUT2D eigenvalue weighted by atomic mass is 10.2. The summed E-state index contributed by atoms with van der Waals surface area (Å²) in [5.74, 6) is -0.500. The summed E-state index contributed by atoms with van der Waals surface area (Å²) in [5, 5.41) is 22.7. The van der Waals surface area contributed by atoms with Crippen molar-refractivity contribution in [1.29, 1.82) is 0 Å². The van der Waals surface area contributed by atoms with Crippen molar-refractivity contribution < 1.29 is 14.7 Å². The number of phenolic OH excluding ortho intramolecular Hbond substituents is 1. The highest BCUT2D eigenvalue weighted by Gasteiger charge is 2.17. The van der Waals surface area contributed by atoms with E-state index in [1.165, 1.54) is 34.4 Å². The molecule has 11 heteroatoms. The van der Waals surface area contributed by atoms with Crippen LogP contribution in [-0.2, 0) is 16.0 Å². The molecule has 2 amide bonds. The summed E-state index contributed by atoms with van der Waals surface area (Å²) in [6.07, 6.45) is 0.708. The summed E-state index contributed by atoms with van der Waals surface area (Å²) in [5.41, 5.74) is 6.68. The fourth-order valence-corrected chi connectivity index (χ4v) is 4.96. The van der Waals surface area contributed by atoms with Gasteiger partial charge in [0.2, 0.25) is 16.9 Å². The molecule has 0 spiro atoms. The Labute approximate surface area is 173 Å². The molecule has 146 valence electrons. The number of anilines is 1. The van der Waals surface area contributed by atoms with Crippen LogP contribution in [-0.4, -0.2) is 37.4 Å². The first kappa shape index (κ1) is 20.2. The molecule has 0 aliphatic rings. The largest absolute Gasteiger partial charge is 0.508 e. The number of phenols is 1. The first-order valence-corrected chi connectivity index (χ1v) is 10.8. The molecular formula is C17H17N5O3S3. The average Bonchev–Trinajstić information content (AvgIpc) is 3.29. The molecule has 2 aromatic heterocycles. The van der Waals surface area contributed by atoms with Crippen molar-refractivity contribution in [3.05, 3.63) is 35.3 Å². The van der Waals surface area contributed by atoms with Crippen LogP contribution < -0.4 is 11.1 Å². The van der Waals surface area contributed by atoms with Crippen LogP contribution in [0.2, 0.25) is 0 Å². The predicted octanol–water partition coefficient (Wildman–Crippen LogP) is 2.90. The van der Waals surface area contributed by atoms with E-state index in [-0.39, 0.29) is 29.2 Å². The Bertz CT molecular complexity index is 988. The molecule has 2 heterocycles. The molecular weight excluding hydrogens is 418 g/mol. The van der Waals surface area contributed by atoms with E-state index < -0.39 is 0 Å². The minimum Gasteiger partial charge on any atom is -0.508 e. The van der Waals surface area contributed by atoms with E-state index in [0.717, 1.165) is 5.56 Å². The lowest BCUT2D eigenvalue weighted by Crippen LogP contribution is -2.24. The number of primary amides is 1. The zero-order valence-corrected chi connectivity index (χ0v) is 17.2. The van der Waals surface area contributed by atoms with Crippen LogP contribution >= 0.6 is 34.4 Å². The molecule has 0 bridgehead atoms. The summed E-state index contributed by atoms with van der Waals surface area (Å²) in [6.45, 7) is 1.89. The monoisotopic (exact) mass is 435 g/mol. The normalized spacial score (nSPS) is 11.9. The maximum atomic E-state index is 12.2. The molecule has 4 N–H and O–H groups in total. The van der Waals surface area contributed by atoms with Gasteiger partial charge in [-0.3, -0.25) is 9.59 Å². The van der Waals surface area contributed by atoms with Crippen molar-refractivity contribution >= 4 is 51.4 Å². The van der Waals surface area contributed by atoms with E-state index >= 15 is 0 Å². The van der Waals surface area contributed by atoms with Crippen molar-refractivity contribution in [1.82, 2.24) is 15.2 Å². The first-order chi connectivity index (χ1) is 13.4. The molecule has 3 aromatic rings. The van der Waals surface area contributed by atoms with Crippen molar-refractivity contribution in [2.24, 2.45) is 5.73 Å². The second-order valence-corrected chi connectivity index (χ2v) is 8.99. The Balaban J connectivity index is 1.58. The van der Waals surface area contributed by atoms with E-state index in [1.807, 2.05) is 6.92 Å². The summed E-state index contributed by atoms with van der Waals surface area (Å²) in [4.78, 5) is 28.0. The third kappa shape index (κ3) is 5.27. The van der Waals surface area contributed by atoms with Crippen molar-refractivity contribution in [2.45, 2.75) is 29.4 Å². The van der Waals surface area contributed by atoms with Gasteiger partial charge >= 0.3 is 0 Å². The number of benzene rings is 1. The van der Waals surface area contributed by atoms with Crippen LogP contribution in [0.25, 0.3) is 10.6 Å². The van der Waals surface area contributed by atoms with Gasteiger partial charge in [0.1, 0.15) is 10.8 Å². The quantitative estimate of drug-likeness (QED) is 0.464. The molecule has 0 saturated carbocycles. The maximum absolute atomic E-state index is 12.2. The van der Waals surface area contributed by atoms with Crippen LogP contribution in [0.5, 0.6) is 5.75 Å². The topological polar surface area (TPSA) is 131 Å². The number of nitrogens with zero attached hydrogens (tertiary/aromatic N) is 3. The van der Waals surface area contributed by atoms with Gasteiger partial charge in [-0.05, 0) is 18.6 Å². The fourth-order valence-electron chi connectivity index (χ4n) is 2.25. The molecule has 1 atom stereocenters. The van der Waals surface area contributed by atoms with E-state index in [4.69, 9.17) is 5.73 Å². The van der Waals surface area contributed by atoms with Gasteiger partial charge < -0.3 is 16.2 Å². The van der Waals surface area contributed by atoms with Gasteiger partial charge in [-0.15, -0.1) is 21.5 Å². The molecule has 1 unspecified atom stereocenters. The average molecular weight is 436 g/mol. The molecule has 0 aliphatic heterocycles. The molecule has 0 fully saturated rings. The molecule has 0 aliphatic carbocycles. The summed E-state index contributed by atoms with van der Waals surface area (Å²) >= 11 is 3.90. The van der Waals surface area contributed by atoms with Crippen molar-refractivity contribution in [3.8, 4) is 16.3 Å². The van der Waals surface area contributed by atoms with Crippen molar-refractivity contribution in [3.63, 3.8) is 0 Å². The molecule has 0 saturated heterocycles. The Hall–Kier alpha value is -2.50. The zero-order valence-electron chi connectivity index (χ0n) is 14.8. The third-order valence-corrected chi connectivity index (χ3v) is 6.86. The van der Waals surface area contributed by atoms with Crippen LogP contribution in [0, 0.1) is 0 Å². The summed E-state index contributed by atoms with van der Waals surface area (Å²) in [6, 6.07) is 6.66. The van der Waals surface area contributed by atoms with E-state index in [9.17, 15) is 14.7 Å². The third-order valence-electron chi connectivity index (χ3n) is 3.57. The van der Waals surface area contributed by atoms with Gasteiger partial charge in [-0.1, -0.05) is 42.2 Å². The van der Waals surface area contributed by atoms with Crippen molar-refractivity contribution in [2.75, 3.05) is 5.32 Å². The summed E-state index contributed by atoms with van der Waals surface area (Å²) in [7, 11) is 0. The number of thiazole rings is 1. The Morgan fingerprint density at radius 3 is 2.89 bits per heavy atom. The standard InChI is InChI=1S/C17H17N5O3S3/c1-2-12(14(18)25)27-17-19-10(8-26-17)7-13(24)20-16-22-21-15(28-16)9-4-3-5-11(23)6-9/h3-6,8,12,23H,2,7H2,1H3,(H2,18,25)(H,20,22,24). The van der Waals surface area contributed by atoms with Gasteiger partial charge in [-0.2, -0.15) is 0 Å². The maximum Gasteiger partial charge on any atom is 0.232 e. The Morgan fingerprint density at radius 2 is 2.18 bits per heavy atom. The van der Waals surface area contributed by atoms with Crippen LogP contribution in [0.4, 0.5) is 5.13 Å². The molecule has 8 nitrogen and oxygen atoms in total. The van der Waals surface area contributed by atoms with E-state index in [1.54, 1.807) is 29.6 Å². The highest BCUT2D eigenvalue weighted by atomic mass is 32.2. The van der Waals surface area contributed by atoms with Crippen LogP contribution in [0.3, 0.4) is 0 Å². The number of nitrogens with two attached hydrogens (primary N) is 1. The highest BCUT2D eigenvalue weighted by molar-refractivity contribution is 8.02. The number of carbonyl (C=O) groups excluding carboxylic acids is 2. The molecule has 3 rings (SSSR count). The number of carbonyl (C=O) groups is 2. The Morgan fingerprint density at radius 1 is 1.36 bits per heavy atom. The second-order valence-electron chi connectivity index (χ2n) is 5.71. The number of aromatic hydroxyl groups is 1. The van der Waals surface area contributed by atoms with Gasteiger partial charge in [0.25, 0.3) is 0 Å². The smallest absolute Gasteiger partial charge is 0.232 e. The van der Waals surface area contributed by atoms with E-state index in [0.29, 0.717) is 26.6 Å². The lowest BCUT2D eigenvalue weighted by Gasteiger charge is -2.06. The van der Waals surface area contributed by atoms with Crippen LogP contribution in [0.1, 0.15) is 19.0 Å². The number of nitrogens with one attached hydrogen (secondary N) is 1. The van der Waals surface area contributed by atoms with E-state index in [2.05, 4.69) is 20.5 Å². The first-order valence-electron chi connectivity index (χ1n) is 8.27. The van der Waals surface area contributed by atoms with Gasteiger partial charge in [-0.25, -0.2) is 4.98 Å². The van der Waals surface area contributed by atoms with Gasteiger partial charge in [0, 0.05) is 10.9 Å². The SMILES string of the molecule is CCC(Sc1nc(CC(=O)Nc2nnc(-c3cccc(O)c3)s2)cs1)C(N)=O. The number of thioether (sulfide) groups is 1. The molecule has 28 heavy (non-hydrogen) atoms. The number of amides is 2. The molecule has 0 radical (unpaired) electrons. The minimum absolute atomic E-state index is 0.0888. The molecule has 1 aromatic carbocycles. The second kappa shape index (κ2) is 9.13. The number of rotatable bonds is 8. The van der Waals surface area contributed by atoms with Crippen LogP contribution in [0.15, 0.2) is 34.0 Å². The Kier molecular flexibility index (Phi) is 6.60. The highest BCUT2D eigenvalue weighted by Crippen LogP contribution is 2.30. The number of hydrogen-bond donors (Lipinski definition) is 3.